The molecular weight excluding hydrogens is 236 g/mol. The normalized spacial score (nSPS) is 12.0. The fourth-order valence-corrected chi connectivity index (χ4v) is 1.90. The summed E-state index contributed by atoms with van der Waals surface area (Å²) < 4.78 is 58.7. The van der Waals surface area contributed by atoms with Gasteiger partial charge >= 0.3 is 18.9 Å². The van der Waals surface area contributed by atoms with Crippen molar-refractivity contribution in [3.05, 3.63) is 28.8 Å². The maximum Gasteiger partial charge on any atom is 1.00 e. The Balaban J connectivity index is 0. The third kappa shape index (κ3) is 3.35. The molecule has 1 rings (SSSR count). The zero-order valence-electron chi connectivity index (χ0n) is 9.63. The van der Waals surface area contributed by atoms with Gasteiger partial charge in [0.25, 0.3) is 0 Å². The maximum absolute atomic E-state index is 12.5. The molecule has 0 radical (unpaired) electrons. The average molecular weight is 245 g/mol. The number of benzene rings is 1. The van der Waals surface area contributed by atoms with Gasteiger partial charge in [0.15, 0.2) is 0 Å². The Hall–Kier alpha value is -0.283. The van der Waals surface area contributed by atoms with Gasteiger partial charge in [-0.05, 0) is 28.3 Å². The SMILES string of the molecule is O=S([O-])c1cc(CF)cc(CF)c1CF.[H-].[Li+]. The van der Waals surface area contributed by atoms with E-state index in [1.165, 1.54) is 0 Å². The van der Waals surface area contributed by atoms with Crippen molar-refractivity contribution in [3.63, 3.8) is 0 Å². The number of hydrogen-bond acceptors (Lipinski definition) is 2. The molecule has 0 bridgehead atoms. The first-order valence-electron chi connectivity index (χ1n) is 4.05. The molecule has 7 heteroatoms. The molecule has 86 valence electrons. The molecule has 0 saturated carbocycles. The van der Waals surface area contributed by atoms with E-state index in [-0.39, 0.29) is 41.9 Å². The average Bonchev–Trinajstić information content (AvgIpc) is 2.26. The molecule has 0 aliphatic carbocycles. The van der Waals surface area contributed by atoms with Crippen LogP contribution in [0.3, 0.4) is 0 Å². The van der Waals surface area contributed by atoms with Crippen LogP contribution in [0.5, 0.6) is 0 Å². The van der Waals surface area contributed by atoms with Crippen LogP contribution >= 0.6 is 0 Å². The second-order valence-electron chi connectivity index (χ2n) is 2.87. The van der Waals surface area contributed by atoms with Gasteiger partial charge in [-0.3, -0.25) is 4.21 Å². The van der Waals surface area contributed by atoms with Crippen LogP contribution in [0, 0.1) is 0 Å². The standard InChI is InChI=1S/C9H9F3O2S.Li.H/c10-3-6-1-7(4-11)8(5-12)9(2-6)15(13)14;;/h1-2H,3-5H2,(H,13,14);;/q;+1;-1/p-1. The van der Waals surface area contributed by atoms with Gasteiger partial charge in [0.2, 0.25) is 0 Å². The smallest absolute Gasteiger partial charge is 1.00 e. The molecule has 1 unspecified atom stereocenters. The maximum atomic E-state index is 12.5. The molecule has 1 atom stereocenters. The van der Waals surface area contributed by atoms with Crippen molar-refractivity contribution in [2.45, 2.75) is 24.9 Å². The van der Waals surface area contributed by atoms with Crippen LogP contribution in [0.1, 0.15) is 18.1 Å². The first-order chi connectivity index (χ1) is 7.13. The molecule has 0 aromatic heterocycles. The Morgan fingerprint density at radius 3 is 2.19 bits per heavy atom. The third-order valence-corrected chi connectivity index (χ3v) is 2.70. The fourth-order valence-electron chi connectivity index (χ4n) is 1.26. The summed E-state index contributed by atoms with van der Waals surface area (Å²) in [6, 6.07) is 2.14. The number of hydrogen-bond donors (Lipinski definition) is 0. The molecule has 0 fully saturated rings. The Kier molecular flexibility index (Phi) is 7.00. The van der Waals surface area contributed by atoms with Crippen molar-refractivity contribution in [2.75, 3.05) is 0 Å². The number of halogens is 3. The van der Waals surface area contributed by atoms with Gasteiger partial charge in [-0.1, -0.05) is 6.07 Å². The quantitative estimate of drug-likeness (QED) is 0.527. The van der Waals surface area contributed by atoms with Gasteiger partial charge in [0.05, 0.1) is 0 Å². The molecule has 0 aliphatic rings. The predicted molar refractivity (Wildman–Crippen MR) is 49.2 cm³/mol. The zero-order valence-corrected chi connectivity index (χ0v) is 9.45. The Bertz CT molecular complexity index is 393. The molecule has 0 aliphatic heterocycles. The summed E-state index contributed by atoms with van der Waals surface area (Å²) in [5.41, 5.74) is -0.325. The third-order valence-electron chi connectivity index (χ3n) is 1.97. The molecular formula is C9H9F3LiO2S-. The second-order valence-corrected chi connectivity index (χ2v) is 3.78. The summed E-state index contributed by atoms with van der Waals surface area (Å²) >= 11 is -2.69. The second kappa shape index (κ2) is 7.12. The molecule has 16 heavy (non-hydrogen) atoms. The van der Waals surface area contributed by atoms with E-state index in [1.807, 2.05) is 0 Å². The Morgan fingerprint density at radius 1 is 1.19 bits per heavy atom. The van der Waals surface area contributed by atoms with E-state index >= 15 is 0 Å². The molecule has 1 aromatic carbocycles. The van der Waals surface area contributed by atoms with Crippen molar-refractivity contribution >= 4 is 11.1 Å². The minimum atomic E-state index is -2.69. The van der Waals surface area contributed by atoms with E-state index in [4.69, 9.17) is 0 Å². The first-order valence-corrected chi connectivity index (χ1v) is 5.13. The summed E-state index contributed by atoms with van der Waals surface area (Å²) in [5.74, 6) is 0. The molecule has 0 spiro atoms. The summed E-state index contributed by atoms with van der Waals surface area (Å²) in [6.07, 6.45) is 0. The van der Waals surface area contributed by atoms with Gasteiger partial charge < -0.3 is 5.98 Å². The van der Waals surface area contributed by atoms with E-state index in [9.17, 15) is 21.9 Å². The minimum absolute atomic E-state index is 0. The monoisotopic (exact) mass is 245 g/mol. The molecule has 0 heterocycles. The van der Waals surface area contributed by atoms with Gasteiger partial charge in [0, 0.05) is 10.5 Å². The number of alkyl halides is 3. The Morgan fingerprint density at radius 2 is 1.81 bits per heavy atom. The van der Waals surface area contributed by atoms with Crippen LogP contribution < -0.4 is 18.9 Å². The van der Waals surface area contributed by atoms with Crippen LogP contribution in [0.2, 0.25) is 0 Å². The Labute approximate surface area is 107 Å². The molecule has 0 N–H and O–H groups in total. The van der Waals surface area contributed by atoms with Gasteiger partial charge in [-0.25, -0.2) is 13.2 Å². The zero-order chi connectivity index (χ0) is 11.4. The molecule has 1 aromatic rings. The predicted octanol–water partition coefficient (Wildman–Crippen LogP) is -0.550. The van der Waals surface area contributed by atoms with Crippen LogP contribution in [0.25, 0.3) is 0 Å². The van der Waals surface area contributed by atoms with Crippen LogP contribution in [-0.2, 0) is 31.1 Å². The van der Waals surface area contributed by atoms with Crippen molar-refractivity contribution in [3.8, 4) is 0 Å². The molecule has 0 saturated heterocycles. The summed E-state index contributed by atoms with van der Waals surface area (Å²) in [7, 11) is 0. The van der Waals surface area contributed by atoms with E-state index in [0.717, 1.165) is 12.1 Å². The van der Waals surface area contributed by atoms with E-state index < -0.39 is 31.1 Å². The van der Waals surface area contributed by atoms with Crippen molar-refractivity contribution in [1.29, 1.82) is 0 Å². The van der Waals surface area contributed by atoms with Crippen LogP contribution in [0.4, 0.5) is 13.2 Å². The van der Waals surface area contributed by atoms with Gasteiger partial charge in [-0.2, -0.15) is 0 Å². The molecule has 2 nitrogen and oxygen atoms in total. The topological polar surface area (TPSA) is 40.1 Å². The van der Waals surface area contributed by atoms with Gasteiger partial charge in [-0.15, -0.1) is 0 Å². The minimum Gasteiger partial charge on any atom is -1.00 e. The summed E-state index contributed by atoms with van der Waals surface area (Å²) in [5, 5.41) is 0. The van der Waals surface area contributed by atoms with Crippen LogP contribution in [-0.4, -0.2) is 8.76 Å². The van der Waals surface area contributed by atoms with Crippen molar-refractivity contribution in [2.24, 2.45) is 0 Å². The summed E-state index contributed by atoms with van der Waals surface area (Å²) in [4.78, 5) is -0.375. The molecule has 0 amide bonds. The van der Waals surface area contributed by atoms with E-state index in [1.54, 1.807) is 0 Å². The van der Waals surface area contributed by atoms with Crippen molar-refractivity contribution in [1.82, 2.24) is 0 Å². The first kappa shape index (κ1) is 15.7. The summed E-state index contributed by atoms with van der Waals surface area (Å²) in [6.45, 7) is -3.02. The van der Waals surface area contributed by atoms with E-state index in [2.05, 4.69) is 0 Å². The van der Waals surface area contributed by atoms with Crippen LogP contribution in [0.15, 0.2) is 17.0 Å². The number of rotatable bonds is 4. The van der Waals surface area contributed by atoms with Gasteiger partial charge in [0.1, 0.15) is 20.0 Å². The van der Waals surface area contributed by atoms with Crippen molar-refractivity contribution < 1.29 is 42.2 Å². The van der Waals surface area contributed by atoms with E-state index in [0.29, 0.717) is 0 Å². The fraction of sp³-hybridized carbons (Fsp3) is 0.333. The largest absolute Gasteiger partial charge is 1.00 e.